The zero-order valence-electron chi connectivity index (χ0n) is 19.3. The van der Waals surface area contributed by atoms with Gasteiger partial charge in [-0.3, -0.25) is 4.79 Å². The molecule has 2 rings (SSSR count). The van der Waals surface area contributed by atoms with Crippen LogP contribution in [0.2, 0.25) is 0 Å². The van der Waals surface area contributed by atoms with Crippen LogP contribution in [0.5, 0.6) is 0 Å². The first kappa shape index (κ1) is 25.4. The number of esters is 1. The van der Waals surface area contributed by atoms with E-state index in [9.17, 15) is 19.6 Å². The highest BCUT2D eigenvalue weighted by molar-refractivity contribution is 5.89. The molecule has 0 fully saturated rings. The number of carbonyl (C=O) groups excluding carboxylic acids is 3. The fraction of sp³-hybridized carbons (Fsp3) is 0.360. The van der Waals surface area contributed by atoms with Crippen molar-refractivity contribution in [3.05, 3.63) is 71.3 Å². The molecule has 0 aliphatic rings. The summed E-state index contributed by atoms with van der Waals surface area (Å²) in [6.07, 6.45) is -0.739. The van der Waals surface area contributed by atoms with Crippen LogP contribution in [0, 0.1) is 11.3 Å². The zero-order chi connectivity index (χ0) is 24.4. The average Bonchev–Trinajstić information content (AvgIpc) is 2.76. The predicted octanol–water partition coefficient (Wildman–Crippen LogP) is 3.24. The molecule has 0 bridgehead atoms. The number of rotatable bonds is 8. The first-order chi connectivity index (χ1) is 15.6. The van der Waals surface area contributed by atoms with Gasteiger partial charge in [-0.2, -0.15) is 5.26 Å². The molecule has 2 atom stereocenters. The summed E-state index contributed by atoms with van der Waals surface area (Å²) in [6, 6.07) is 16.0. The topological polar surface area (TPSA) is 118 Å². The average molecular weight is 452 g/mol. The molecular weight excluding hydrogens is 422 g/mol. The van der Waals surface area contributed by atoms with Crippen LogP contribution >= 0.6 is 0 Å². The van der Waals surface area contributed by atoms with Gasteiger partial charge in [-0.25, -0.2) is 9.59 Å². The van der Waals surface area contributed by atoms with E-state index < -0.39 is 35.7 Å². The number of nitrogens with one attached hydrogen (secondary N) is 2. The zero-order valence-corrected chi connectivity index (χ0v) is 19.3. The number of benzene rings is 2. The summed E-state index contributed by atoms with van der Waals surface area (Å²) >= 11 is 0. The van der Waals surface area contributed by atoms with Crippen LogP contribution in [0.1, 0.15) is 44.4 Å². The fourth-order valence-corrected chi connectivity index (χ4v) is 2.91. The Balaban J connectivity index is 2.08. The minimum atomic E-state index is -1.07. The number of hydrogen-bond acceptors (Lipinski definition) is 6. The lowest BCUT2D eigenvalue weighted by molar-refractivity contribution is -0.148. The summed E-state index contributed by atoms with van der Waals surface area (Å²) < 4.78 is 10.5. The largest absolute Gasteiger partial charge is 0.459 e. The lowest BCUT2D eigenvalue weighted by Crippen LogP contribution is -2.52. The van der Waals surface area contributed by atoms with Crippen LogP contribution in [0.3, 0.4) is 0 Å². The van der Waals surface area contributed by atoms with Crippen molar-refractivity contribution in [3.8, 4) is 6.07 Å². The molecule has 0 unspecified atom stereocenters. The summed E-state index contributed by atoms with van der Waals surface area (Å²) in [6.45, 7) is 6.69. The highest BCUT2D eigenvalue weighted by atomic mass is 16.6. The molecule has 0 saturated heterocycles. The van der Waals surface area contributed by atoms with Gasteiger partial charge in [0.15, 0.2) is 0 Å². The van der Waals surface area contributed by atoms with Crippen molar-refractivity contribution >= 4 is 18.0 Å². The third-order valence-corrected chi connectivity index (χ3v) is 4.51. The third kappa shape index (κ3) is 8.65. The van der Waals surface area contributed by atoms with E-state index in [-0.39, 0.29) is 13.0 Å². The van der Waals surface area contributed by atoms with Gasteiger partial charge in [-0.15, -0.1) is 0 Å². The molecule has 0 radical (unpaired) electrons. The summed E-state index contributed by atoms with van der Waals surface area (Å²) in [5.74, 6) is -1.21. The van der Waals surface area contributed by atoms with Gasteiger partial charge in [0, 0.05) is 6.42 Å². The highest BCUT2D eigenvalue weighted by Gasteiger charge is 2.28. The maximum absolute atomic E-state index is 13.0. The lowest BCUT2D eigenvalue weighted by atomic mass is 10.00. The molecule has 0 heterocycles. The van der Waals surface area contributed by atoms with Crippen LogP contribution in [-0.2, 0) is 32.1 Å². The maximum Gasteiger partial charge on any atom is 0.408 e. The number of nitrogens with zero attached hydrogens (tertiary/aromatic N) is 1. The predicted molar refractivity (Wildman–Crippen MR) is 122 cm³/mol. The molecule has 2 amide bonds. The smallest absolute Gasteiger partial charge is 0.408 e. The fourth-order valence-electron chi connectivity index (χ4n) is 2.91. The lowest BCUT2D eigenvalue weighted by Gasteiger charge is -2.24. The van der Waals surface area contributed by atoms with Crippen LogP contribution in [0.25, 0.3) is 0 Å². The number of hydrogen-bond donors (Lipinski definition) is 2. The van der Waals surface area contributed by atoms with Crippen LogP contribution < -0.4 is 10.6 Å². The molecule has 8 nitrogen and oxygen atoms in total. The van der Waals surface area contributed by atoms with Gasteiger partial charge < -0.3 is 20.1 Å². The van der Waals surface area contributed by atoms with E-state index in [2.05, 4.69) is 16.7 Å². The number of ether oxygens (including phenoxy) is 2. The minimum Gasteiger partial charge on any atom is -0.459 e. The van der Waals surface area contributed by atoms with E-state index >= 15 is 0 Å². The van der Waals surface area contributed by atoms with E-state index in [0.717, 1.165) is 5.56 Å². The summed E-state index contributed by atoms with van der Waals surface area (Å²) in [5.41, 5.74) is 1.03. The monoisotopic (exact) mass is 451 g/mol. The Bertz CT molecular complexity index is 1010. The van der Waals surface area contributed by atoms with Crippen LogP contribution in [0.15, 0.2) is 54.6 Å². The molecule has 33 heavy (non-hydrogen) atoms. The Kier molecular flexibility index (Phi) is 8.98. The SMILES string of the molecule is C[C@H](NC(=O)[C@@H](Cc1ccccc1C#N)NC(=O)OC(C)(C)C)C(=O)OCc1ccccc1. The molecular formula is C25H29N3O5. The third-order valence-electron chi connectivity index (χ3n) is 4.51. The van der Waals surface area contributed by atoms with Crippen LogP contribution in [-0.4, -0.2) is 35.7 Å². The van der Waals surface area contributed by atoms with E-state index in [4.69, 9.17) is 9.47 Å². The normalized spacial score (nSPS) is 12.6. The molecule has 0 aliphatic heterocycles. The van der Waals surface area contributed by atoms with Gasteiger partial charge >= 0.3 is 12.1 Å². The van der Waals surface area contributed by atoms with Gasteiger partial charge in [0.25, 0.3) is 0 Å². The molecule has 0 spiro atoms. The van der Waals surface area contributed by atoms with Gasteiger partial charge in [-0.05, 0) is 44.9 Å². The number of nitriles is 1. The van der Waals surface area contributed by atoms with Gasteiger partial charge in [0.05, 0.1) is 11.6 Å². The molecule has 0 saturated carbocycles. The minimum absolute atomic E-state index is 0.0423. The molecule has 174 valence electrons. The molecule has 0 aromatic heterocycles. The Labute approximate surface area is 193 Å². The second-order valence-electron chi connectivity index (χ2n) is 8.50. The highest BCUT2D eigenvalue weighted by Crippen LogP contribution is 2.12. The van der Waals surface area contributed by atoms with E-state index in [1.54, 1.807) is 45.0 Å². The van der Waals surface area contributed by atoms with Crippen molar-refractivity contribution in [1.82, 2.24) is 10.6 Å². The second-order valence-corrected chi connectivity index (χ2v) is 8.50. The quantitative estimate of drug-likeness (QED) is 0.595. The van der Waals surface area contributed by atoms with Crippen molar-refractivity contribution in [2.45, 2.75) is 58.4 Å². The van der Waals surface area contributed by atoms with Gasteiger partial charge in [-0.1, -0.05) is 48.5 Å². The van der Waals surface area contributed by atoms with Crippen molar-refractivity contribution < 1.29 is 23.9 Å². The molecule has 0 aliphatic carbocycles. The Hall–Kier alpha value is -3.86. The van der Waals surface area contributed by atoms with Crippen molar-refractivity contribution in [2.75, 3.05) is 0 Å². The molecule has 8 heteroatoms. The Morgan fingerprint density at radius 2 is 1.64 bits per heavy atom. The molecule has 2 aromatic rings. The van der Waals surface area contributed by atoms with E-state index in [0.29, 0.717) is 11.1 Å². The Morgan fingerprint density at radius 1 is 1.00 bits per heavy atom. The molecule has 2 N–H and O–H groups in total. The van der Waals surface area contributed by atoms with E-state index in [1.807, 2.05) is 30.3 Å². The number of carbonyl (C=O) groups is 3. The first-order valence-corrected chi connectivity index (χ1v) is 10.6. The first-order valence-electron chi connectivity index (χ1n) is 10.6. The summed E-state index contributed by atoms with van der Waals surface area (Å²) in [4.78, 5) is 37.6. The standard InChI is InChI=1S/C25H29N3O5/c1-17(23(30)32-16-18-10-6-5-7-11-18)27-22(29)21(28-24(31)33-25(2,3)4)14-19-12-8-9-13-20(19)15-26/h5-13,17,21H,14,16H2,1-4H3,(H,27,29)(H,28,31)/t17-,21+/m0/s1. The number of alkyl carbamates (subject to hydrolysis) is 1. The van der Waals surface area contributed by atoms with Crippen molar-refractivity contribution in [2.24, 2.45) is 0 Å². The van der Waals surface area contributed by atoms with Crippen molar-refractivity contribution in [3.63, 3.8) is 0 Å². The van der Waals surface area contributed by atoms with Crippen molar-refractivity contribution in [1.29, 1.82) is 5.26 Å². The van der Waals surface area contributed by atoms with Gasteiger partial charge in [0.2, 0.25) is 5.91 Å². The summed E-state index contributed by atoms with van der Waals surface area (Å²) in [5, 5.41) is 14.5. The second kappa shape index (κ2) is 11.7. The maximum atomic E-state index is 13.0. The van der Waals surface area contributed by atoms with E-state index in [1.165, 1.54) is 6.92 Å². The van der Waals surface area contributed by atoms with Gasteiger partial charge in [0.1, 0.15) is 24.3 Å². The van der Waals surface area contributed by atoms with Crippen LogP contribution in [0.4, 0.5) is 4.79 Å². The summed E-state index contributed by atoms with van der Waals surface area (Å²) in [7, 11) is 0. The Morgan fingerprint density at radius 3 is 2.27 bits per heavy atom. The molecule has 2 aromatic carbocycles. The number of amides is 2.